The van der Waals surface area contributed by atoms with Crippen LogP contribution in [0.3, 0.4) is 0 Å². The van der Waals surface area contributed by atoms with Gasteiger partial charge in [-0.25, -0.2) is 0 Å². The number of benzene rings is 2. The van der Waals surface area contributed by atoms with Crippen molar-refractivity contribution in [3.8, 4) is 5.69 Å². The summed E-state index contributed by atoms with van der Waals surface area (Å²) in [6.45, 7) is 3.00. The van der Waals surface area contributed by atoms with Gasteiger partial charge < -0.3 is 5.32 Å². The first-order chi connectivity index (χ1) is 13.9. The van der Waals surface area contributed by atoms with Gasteiger partial charge in [0.15, 0.2) is 5.82 Å². The predicted octanol–water partition coefficient (Wildman–Crippen LogP) is 3.62. The van der Waals surface area contributed by atoms with Crippen molar-refractivity contribution in [2.24, 2.45) is 0 Å². The number of aromatic nitrogens is 3. The molecular formula is C20H18F3N5O. The lowest BCUT2D eigenvalue weighted by Crippen LogP contribution is -2.27. The van der Waals surface area contributed by atoms with Crippen molar-refractivity contribution in [1.82, 2.24) is 20.1 Å². The molecule has 1 aliphatic heterocycles. The van der Waals surface area contributed by atoms with Gasteiger partial charge in [-0.2, -0.15) is 13.2 Å². The average molecular weight is 401 g/mol. The fraction of sp³-hybridized carbons (Fsp3) is 0.250. The molecule has 1 aromatic heterocycles. The molecule has 0 aliphatic carbocycles. The van der Waals surface area contributed by atoms with Crippen LogP contribution in [-0.4, -0.2) is 27.2 Å². The molecule has 1 amide bonds. The molecule has 29 heavy (non-hydrogen) atoms. The summed E-state index contributed by atoms with van der Waals surface area (Å²) in [5, 5.41) is 11.4. The van der Waals surface area contributed by atoms with Crippen molar-refractivity contribution in [2.45, 2.75) is 26.1 Å². The zero-order valence-electron chi connectivity index (χ0n) is 15.6. The van der Waals surface area contributed by atoms with Crippen LogP contribution in [0, 0.1) is 0 Å². The van der Waals surface area contributed by atoms with Gasteiger partial charge in [-0.3, -0.25) is 14.3 Å². The van der Waals surface area contributed by atoms with Crippen molar-refractivity contribution in [1.29, 1.82) is 0 Å². The lowest BCUT2D eigenvalue weighted by molar-refractivity contribution is -0.137. The van der Waals surface area contributed by atoms with E-state index in [1.807, 2.05) is 6.92 Å². The minimum absolute atomic E-state index is 0.0793. The number of rotatable bonds is 4. The van der Waals surface area contributed by atoms with Crippen LogP contribution >= 0.6 is 0 Å². The molecule has 3 aromatic rings. The van der Waals surface area contributed by atoms with E-state index in [2.05, 4.69) is 15.5 Å². The molecule has 0 saturated carbocycles. The van der Waals surface area contributed by atoms with Crippen molar-refractivity contribution in [2.75, 3.05) is 11.4 Å². The van der Waals surface area contributed by atoms with Gasteiger partial charge >= 0.3 is 6.18 Å². The van der Waals surface area contributed by atoms with E-state index < -0.39 is 11.7 Å². The number of carbonyl (C=O) groups is 1. The van der Waals surface area contributed by atoms with Crippen LogP contribution in [0.25, 0.3) is 5.69 Å². The highest BCUT2D eigenvalue weighted by atomic mass is 19.4. The maximum absolute atomic E-state index is 13.4. The first kappa shape index (κ1) is 19.1. The second-order valence-electron chi connectivity index (χ2n) is 6.59. The zero-order valence-corrected chi connectivity index (χ0v) is 15.6. The fourth-order valence-corrected chi connectivity index (χ4v) is 3.37. The maximum Gasteiger partial charge on any atom is 0.416 e. The molecular weight excluding hydrogens is 383 g/mol. The molecule has 1 aliphatic rings. The van der Waals surface area contributed by atoms with Gasteiger partial charge in [0.25, 0.3) is 0 Å². The average Bonchev–Trinajstić information content (AvgIpc) is 3.03. The summed E-state index contributed by atoms with van der Waals surface area (Å²) in [5.74, 6) is 0.547. The van der Waals surface area contributed by atoms with Gasteiger partial charge in [0, 0.05) is 5.69 Å². The first-order valence-corrected chi connectivity index (χ1v) is 9.13. The molecule has 0 bridgehead atoms. The fourth-order valence-electron chi connectivity index (χ4n) is 3.37. The Hall–Kier alpha value is -3.20. The second kappa shape index (κ2) is 7.32. The largest absolute Gasteiger partial charge is 0.416 e. The number of halogens is 3. The molecule has 4 rings (SSSR count). The smallest absolute Gasteiger partial charge is 0.310 e. The van der Waals surface area contributed by atoms with Crippen LogP contribution < -0.4 is 10.2 Å². The van der Waals surface area contributed by atoms with E-state index in [-0.39, 0.29) is 18.0 Å². The van der Waals surface area contributed by atoms with Crippen LogP contribution in [0.2, 0.25) is 0 Å². The monoisotopic (exact) mass is 401 g/mol. The van der Waals surface area contributed by atoms with Gasteiger partial charge in [0.1, 0.15) is 5.82 Å². The van der Waals surface area contributed by atoms with E-state index in [9.17, 15) is 18.0 Å². The molecule has 0 fully saturated rings. The van der Waals surface area contributed by atoms with Crippen LogP contribution in [0.1, 0.15) is 24.1 Å². The second-order valence-corrected chi connectivity index (χ2v) is 6.59. The Labute approximate surface area is 165 Å². The van der Waals surface area contributed by atoms with Gasteiger partial charge in [-0.15, -0.1) is 10.2 Å². The standard InChI is InChI=1S/C20H18F3N5O/c1-2-24-12-18-26-25-17-11-19(29)27(14-6-4-3-5-7-14)16-10-13(20(21,22)23)8-9-15(16)28(17)18/h3-10,24H,2,11-12H2,1H3. The molecule has 2 aromatic carbocycles. The van der Waals surface area contributed by atoms with Gasteiger partial charge in [-0.05, 0) is 36.9 Å². The van der Waals surface area contributed by atoms with Crippen molar-refractivity contribution in [3.05, 3.63) is 65.7 Å². The third-order valence-electron chi connectivity index (χ3n) is 4.69. The van der Waals surface area contributed by atoms with E-state index in [1.54, 1.807) is 34.9 Å². The summed E-state index contributed by atoms with van der Waals surface area (Å²) in [4.78, 5) is 14.4. The maximum atomic E-state index is 13.4. The lowest BCUT2D eigenvalue weighted by Gasteiger charge is -2.24. The summed E-state index contributed by atoms with van der Waals surface area (Å²) in [6.07, 6.45) is -4.61. The summed E-state index contributed by atoms with van der Waals surface area (Å²) < 4.78 is 41.9. The SMILES string of the molecule is CCNCc1nnc2n1-c1ccc(C(F)(F)F)cc1N(c1ccccc1)C(=O)C2. The Morgan fingerprint density at radius 3 is 2.52 bits per heavy atom. The van der Waals surface area contributed by atoms with Crippen LogP contribution in [0.5, 0.6) is 0 Å². The third-order valence-corrected chi connectivity index (χ3v) is 4.69. The van der Waals surface area contributed by atoms with E-state index in [1.165, 1.54) is 11.0 Å². The molecule has 9 heteroatoms. The Bertz CT molecular complexity index is 1050. The van der Waals surface area contributed by atoms with Crippen molar-refractivity contribution < 1.29 is 18.0 Å². The van der Waals surface area contributed by atoms with Crippen molar-refractivity contribution in [3.63, 3.8) is 0 Å². The Morgan fingerprint density at radius 2 is 1.83 bits per heavy atom. The highest BCUT2D eigenvalue weighted by molar-refractivity contribution is 6.04. The topological polar surface area (TPSA) is 63.1 Å². The Morgan fingerprint density at radius 1 is 1.07 bits per heavy atom. The molecule has 0 unspecified atom stereocenters. The molecule has 0 radical (unpaired) electrons. The number of amides is 1. The Balaban J connectivity index is 1.96. The number of fused-ring (bicyclic) bond motifs is 3. The molecule has 6 nitrogen and oxygen atoms in total. The first-order valence-electron chi connectivity index (χ1n) is 9.13. The highest BCUT2D eigenvalue weighted by Gasteiger charge is 2.35. The molecule has 0 spiro atoms. The Kier molecular flexibility index (Phi) is 4.83. The number of nitrogens with one attached hydrogen (secondary N) is 1. The molecule has 0 atom stereocenters. The number of carbonyl (C=O) groups excluding carboxylic acids is 1. The number of hydrogen-bond acceptors (Lipinski definition) is 4. The molecule has 0 saturated heterocycles. The highest BCUT2D eigenvalue weighted by Crippen LogP contribution is 2.39. The summed E-state index contributed by atoms with van der Waals surface area (Å²) in [6, 6.07) is 12.0. The number of para-hydroxylation sites is 1. The van der Waals surface area contributed by atoms with Crippen LogP contribution in [0.15, 0.2) is 48.5 Å². The lowest BCUT2D eigenvalue weighted by atomic mass is 10.1. The number of nitrogens with zero attached hydrogens (tertiary/aromatic N) is 4. The zero-order chi connectivity index (χ0) is 20.6. The molecule has 150 valence electrons. The van der Waals surface area contributed by atoms with E-state index in [0.717, 1.165) is 12.1 Å². The number of hydrogen-bond donors (Lipinski definition) is 1. The van der Waals surface area contributed by atoms with Gasteiger partial charge in [-0.1, -0.05) is 25.1 Å². The van der Waals surface area contributed by atoms with E-state index in [0.29, 0.717) is 36.1 Å². The summed E-state index contributed by atoms with van der Waals surface area (Å²) >= 11 is 0. The number of anilines is 2. The van der Waals surface area contributed by atoms with Crippen LogP contribution in [-0.2, 0) is 23.9 Å². The minimum atomic E-state index is -4.53. The van der Waals surface area contributed by atoms with Gasteiger partial charge in [0.2, 0.25) is 5.91 Å². The summed E-state index contributed by atoms with van der Waals surface area (Å²) in [7, 11) is 0. The normalized spacial score (nSPS) is 13.8. The number of alkyl halides is 3. The predicted molar refractivity (Wildman–Crippen MR) is 101 cm³/mol. The van der Waals surface area contributed by atoms with Crippen LogP contribution in [0.4, 0.5) is 24.5 Å². The van der Waals surface area contributed by atoms with E-state index >= 15 is 0 Å². The van der Waals surface area contributed by atoms with Crippen molar-refractivity contribution >= 4 is 17.3 Å². The van der Waals surface area contributed by atoms with Gasteiger partial charge in [0.05, 0.1) is 29.9 Å². The summed E-state index contributed by atoms with van der Waals surface area (Å²) in [5.41, 5.74) is 0.243. The molecule has 1 N–H and O–H groups in total. The quantitative estimate of drug-likeness (QED) is 0.726. The third kappa shape index (κ3) is 3.49. The minimum Gasteiger partial charge on any atom is -0.310 e. The van der Waals surface area contributed by atoms with E-state index in [4.69, 9.17) is 0 Å². The molecule has 2 heterocycles.